The fourth-order valence-corrected chi connectivity index (χ4v) is 3.55. The second-order valence-corrected chi connectivity index (χ2v) is 6.82. The Labute approximate surface area is 196 Å². The number of nitriles is 1. The normalized spacial score (nSPS) is 9.97. The van der Waals surface area contributed by atoms with Gasteiger partial charge in [-0.2, -0.15) is 10.4 Å². The van der Waals surface area contributed by atoms with Crippen molar-refractivity contribution in [1.29, 1.82) is 5.26 Å². The van der Waals surface area contributed by atoms with Crippen molar-refractivity contribution in [3.05, 3.63) is 76.6 Å². The van der Waals surface area contributed by atoms with E-state index in [0.29, 0.717) is 50.9 Å². The van der Waals surface area contributed by atoms with Gasteiger partial charge in [-0.05, 0) is 35.9 Å². The summed E-state index contributed by atoms with van der Waals surface area (Å²) in [6, 6.07) is 16.8. The van der Waals surface area contributed by atoms with Crippen LogP contribution in [0.15, 0.2) is 54.7 Å². The Morgan fingerprint density at radius 1 is 1.10 bits per heavy atom. The van der Waals surface area contributed by atoms with Gasteiger partial charge in [-0.15, -0.1) is 29.9 Å². The number of benzene rings is 2. The summed E-state index contributed by atoms with van der Waals surface area (Å²) in [6.07, 6.45) is 2.15. The maximum absolute atomic E-state index is 9.43. The topological polar surface area (TPSA) is 97.7 Å². The molecule has 158 valence electrons. The minimum Gasteiger partial charge on any atom is -0.495 e. The van der Waals surface area contributed by atoms with Crippen molar-refractivity contribution in [3.63, 3.8) is 0 Å². The lowest BCUT2D eigenvalue weighted by atomic mass is 9.98. The number of fused-ring (bicyclic) bond motifs is 1. The monoisotopic (exact) mass is 473 g/mol. The molecule has 0 bridgehead atoms. The molecule has 2 N–H and O–H groups in total. The van der Waals surface area contributed by atoms with Gasteiger partial charge in [-0.25, -0.2) is 0 Å². The van der Waals surface area contributed by atoms with Crippen LogP contribution in [0.1, 0.15) is 16.8 Å². The molecule has 0 amide bonds. The van der Waals surface area contributed by atoms with Crippen LogP contribution in [0.4, 0.5) is 5.69 Å². The minimum atomic E-state index is 0. The van der Waals surface area contributed by atoms with Gasteiger partial charge in [-0.1, -0.05) is 29.8 Å². The van der Waals surface area contributed by atoms with Crippen molar-refractivity contribution in [1.82, 2.24) is 15.2 Å². The predicted octanol–water partition coefficient (Wildman–Crippen LogP) is 5.24. The summed E-state index contributed by atoms with van der Waals surface area (Å²) in [5.74, 6) is 0.600. The van der Waals surface area contributed by atoms with Crippen molar-refractivity contribution < 1.29 is 4.74 Å². The van der Waals surface area contributed by atoms with E-state index < -0.39 is 0 Å². The summed E-state index contributed by atoms with van der Waals surface area (Å²) >= 11 is 6.26. The molecule has 6 nitrogen and oxygen atoms in total. The van der Waals surface area contributed by atoms with Crippen LogP contribution in [0.25, 0.3) is 22.2 Å². The molecular weight excluding hydrogens is 457 g/mol. The van der Waals surface area contributed by atoms with Crippen molar-refractivity contribution in [2.45, 2.75) is 6.42 Å². The van der Waals surface area contributed by atoms with E-state index in [1.165, 1.54) is 0 Å². The minimum absolute atomic E-state index is 0. The van der Waals surface area contributed by atoms with E-state index in [-0.39, 0.29) is 24.8 Å². The number of nitrogens with two attached hydrogens (primary N) is 1. The first-order valence-electron chi connectivity index (χ1n) is 8.84. The van der Waals surface area contributed by atoms with E-state index in [1.54, 1.807) is 25.4 Å². The van der Waals surface area contributed by atoms with Gasteiger partial charge < -0.3 is 10.5 Å². The molecule has 2 heterocycles. The quantitative estimate of drug-likeness (QED) is 0.406. The summed E-state index contributed by atoms with van der Waals surface area (Å²) in [5.41, 5.74) is 10.0. The van der Waals surface area contributed by atoms with Crippen molar-refractivity contribution >= 4 is 52.9 Å². The van der Waals surface area contributed by atoms with Gasteiger partial charge >= 0.3 is 0 Å². The molecule has 0 spiro atoms. The molecular formula is C22H18Cl3N5O. The number of ether oxygens (including phenoxy) is 1. The SMILES string of the molecule is COc1ccc(Cc2nnc(-c3ccccn3)c3ccc(C#N)c(N)c23)cc1Cl.Cl.Cl. The largest absolute Gasteiger partial charge is 0.495 e. The van der Waals surface area contributed by atoms with Gasteiger partial charge in [0.2, 0.25) is 0 Å². The Morgan fingerprint density at radius 3 is 2.55 bits per heavy atom. The molecule has 0 atom stereocenters. The summed E-state index contributed by atoms with van der Waals surface area (Å²) < 4.78 is 5.21. The van der Waals surface area contributed by atoms with Gasteiger partial charge in [0.25, 0.3) is 0 Å². The van der Waals surface area contributed by atoms with Crippen LogP contribution in [-0.2, 0) is 6.42 Å². The Kier molecular flexibility index (Phi) is 8.01. The first kappa shape index (κ1) is 24.2. The molecule has 4 aromatic rings. The van der Waals surface area contributed by atoms with Gasteiger partial charge in [0.05, 0.1) is 34.8 Å². The molecule has 2 aromatic carbocycles. The predicted molar refractivity (Wildman–Crippen MR) is 127 cm³/mol. The Balaban J connectivity index is 0.00000171. The molecule has 0 aliphatic heterocycles. The summed E-state index contributed by atoms with van der Waals surface area (Å²) in [6.45, 7) is 0. The first-order chi connectivity index (χ1) is 14.1. The third-order valence-corrected chi connectivity index (χ3v) is 4.97. The molecule has 0 saturated heterocycles. The highest BCUT2D eigenvalue weighted by Gasteiger charge is 2.17. The number of hydrogen-bond acceptors (Lipinski definition) is 6. The van der Waals surface area contributed by atoms with Crippen molar-refractivity contribution in [2.75, 3.05) is 12.8 Å². The van der Waals surface area contributed by atoms with Crippen LogP contribution >= 0.6 is 36.4 Å². The molecule has 0 aliphatic rings. The number of hydrogen-bond donors (Lipinski definition) is 1. The van der Waals surface area contributed by atoms with Gasteiger partial charge in [0.15, 0.2) is 0 Å². The molecule has 2 aromatic heterocycles. The number of methoxy groups -OCH3 is 1. The van der Waals surface area contributed by atoms with Crippen LogP contribution in [0.5, 0.6) is 5.75 Å². The average Bonchev–Trinajstić information content (AvgIpc) is 2.75. The highest BCUT2D eigenvalue weighted by molar-refractivity contribution is 6.32. The fourth-order valence-electron chi connectivity index (χ4n) is 3.27. The number of nitrogens with zero attached hydrogens (tertiary/aromatic N) is 4. The Bertz CT molecular complexity index is 1260. The number of nitrogen functional groups attached to an aromatic ring is 1. The molecule has 0 fully saturated rings. The first-order valence-corrected chi connectivity index (χ1v) is 9.22. The second kappa shape index (κ2) is 10.3. The van der Waals surface area contributed by atoms with Crippen molar-refractivity contribution in [2.24, 2.45) is 0 Å². The fraction of sp³-hybridized carbons (Fsp3) is 0.0909. The van der Waals surface area contributed by atoms with E-state index in [4.69, 9.17) is 22.1 Å². The lowest BCUT2D eigenvalue weighted by Gasteiger charge is -2.13. The molecule has 31 heavy (non-hydrogen) atoms. The molecule has 9 heteroatoms. The third kappa shape index (κ3) is 4.64. The average molecular weight is 475 g/mol. The number of halogens is 3. The third-order valence-electron chi connectivity index (χ3n) is 4.68. The Morgan fingerprint density at radius 2 is 1.90 bits per heavy atom. The summed E-state index contributed by atoms with van der Waals surface area (Å²) in [7, 11) is 1.57. The van der Waals surface area contributed by atoms with E-state index in [1.807, 2.05) is 36.4 Å². The maximum atomic E-state index is 9.43. The van der Waals surface area contributed by atoms with Gasteiger partial charge in [0, 0.05) is 23.4 Å². The van der Waals surface area contributed by atoms with E-state index in [0.717, 1.165) is 10.9 Å². The van der Waals surface area contributed by atoms with E-state index in [2.05, 4.69) is 21.3 Å². The Hall–Kier alpha value is -3.11. The highest BCUT2D eigenvalue weighted by Crippen LogP contribution is 2.34. The summed E-state index contributed by atoms with van der Waals surface area (Å²) in [5, 5.41) is 20.3. The van der Waals surface area contributed by atoms with Crippen LogP contribution in [0, 0.1) is 11.3 Å². The molecule has 0 unspecified atom stereocenters. The zero-order valence-electron chi connectivity index (χ0n) is 16.4. The smallest absolute Gasteiger partial charge is 0.137 e. The number of rotatable bonds is 4. The summed E-state index contributed by atoms with van der Waals surface area (Å²) in [4.78, 5) is 4.38. The van der Waals surface area contributed by atoms with Crippen molar-refractivity contribution in [3.8, 4) is 23.2 Å². The highest BCUT2D eigenvalue weighted by atomic mass is 35.5. The second-order valence-electron chi connectivity index (χ2n) is 6.42. The van der Waals surface area contributed by atoms with Crippen LogP contribution in [0.2, 0.25) is 5.02 Å². The van der Waals surface area contributed by atoms with Crippen LogP contribution in [0.3, 0.4) is 0 Å². The lowest BCUT2D eigenvalue weighted by molar-refractivity contribution is 0.415. The van der Waals surface area contributed by atoms with E-state index in [9.17, 15) is 5.26 Å². The molecule has 4 rings (SSSR count). The maximum Gasteiger partial charge on any atom is 0.137 e. The number of anilines is 1. The standard InChI is InChI=1S/C22H16ClN5O.2ClH/c1-29-19-8-5-13(10-16(19)23)11-18-20-15(7-6-14(12-24)21(20)25)22(28-27-18)17-4-2-3-9-26-17;;/h2-10H,11,25H2,1H3;2*1H. The number of aromatic nitrogens is 3. The van der Waals surface area contributed by atoms with Gasteiger partial charge in [-0.3, -0.25) is 4.98 Å². The number of pyridine rings is 1. The molecule has 0 saturated carbocycles. The van der Waals surface area contributed by atoms with Crippen LogP contribution < -0.4 is 10.5 Å². The molecule has 0 radical (unpaired) electrons. The zero-order chi connectivity index (χ0) is 20.4. The van der Waals surface area contributed by atoms with E-state index >= 15 is 0 Å². The lowest BCUT2D eigenvalue weighted by Crippen LogP contribution is -2.04. The van der Waals surface area contributed by atoms with Crippen LogP contribution in [-0.4, -0.2) is 22.3 Å². The zero-order valence-corrected chi connectivity index (χ0v) is 18.8. The molecule has 0 aliphatic carbocycles. The van der Waals surface area contributed by atoms with Gasteiger partial charge in [0.1, 0.15) is 17.5 Å².